The van der Waals surface area contributed by atoms with Crippen molar-refractivity contribution in [2.45, 2.75) is 19.8 Å². The predicted octanol–water partition coefficient (Wildman–Crippen LogP) is 2.61. The number of aromatic nitrogens is 3. The fraction of sp³-hybridized carbons (Fsp3) is 0.412. The topological polar surface area (TPSA) is 62.2 Å². The molecule has 24 heavy (non-hydrogen) atoms. The Hall–Kier alpha value is -2.21. The Morgan fingerprint density at radius 1 is 1.12 bits per heavy atom. The summed E-state index contributed by atoms with van der Waals surface area (Å²) in [4.78, 5) is 29.6. The summed E-state index contributed by atoms with van der Waals surface area (Å²) in [5, 5.41) is 0.346. The molecule has 0 radical (unpaired) electrons. The highest BCUT2D eigenvalue weighted by atomic mass is 35.5. The summed E-state index contributed by atoms with van der Waals surface area (Å²) < 4.78 is 0. The van der Waals surface area contributed by atoms with E-state index in [1.807, 2.05) is 24.8 Å². The van der Waals surface area contributed by atoms with Gasteiger partial charge in [0.2, 0.25) is 5.95 Å². The van der Waals surface area contributed by atoms with E-state index in [1.165, 1.54) is 0 Å². The van der Waals surface area contributed by atoms with Crippen LogP contribution in [0.4, 0.5) is 5.95 Å². The quantitative estimate of drug-likeness (QED) is 0.800. The van der Waals surface area contributed by atoms with Crippen LogP contribution in [0.2, 0.25) is 5.15 Å². The van der Waals surface area contributed by atoms with E-state index >= 15 is 0 Å². The maximum Gasteiger partial charge on any atom is 0.272 e. The van der Waals surface area contributed by atoms with Gasteiger partial charge in [-0.05, 0) is 23.6 Å². The summed E-state index contributed by atoms with van der Waals surface area (Å²) in [5.74, 6) is 0.857. The normalized spacial score (nSPS) is 15.0. The van der Waals surface area contributed by atoms with E-state index in [9.17, 15) is 4.79 Å². The van der Waals surface area contributed by atoms with Crippen molar-refractivity contribution in [3.05, 3.63) is 47.0 Å². The van der Waals surface area contributed by atoms with Gasteiger partial charge in [-0.25, -0.2) is 15.0 Å². The Morgan fingerprint density at radius 3 is 2.42 bits per heavy atom. The molecular formula is C17H20ClN5O. The molecule has 0 unspecified atom stereocenters. The van der Waals surface area contributed by atoms with Crippen molar-refractivity contribution < 1.29 is 4.79 Å². The van der Waals surface area contributed by atoms with E-state index < -0.39 is 0 Å². The number of hydrogen-bond donors (Lipinski definition) is 0. The molecule has 0 saturated carbocycles. The second-order valence-electron chi connectivity index (χ2n) is 6.05. The van der Waals surface area contributed by atoms with Gasteiger partial charge in [-0.2, -0.15) is 0 Å². The van der Waals surface area contributed by atoms with Gasteiger partial charge >= 0.3 is 0 Å². The highest BCUT2D eigenvalue weighted by Crippen LogP contribution is 2.22. The largest absolute Gasteiger partial charge is 0.337 e. The number of anilines is 1. The third-order valence-electron chi connectivity index (χ3n) is 4.12. The first kappa shape index (κ1) is 16.6. The van der Waals surface area contributed by atoms with Crippen LogP contribution in [0.25, 0.3) is 0 Å². The van der Waals surface area contributed by atoms with Crippen molar-refractivity contribution in [1.29, 1.82) is 0 Å². The van der Waals surface area contributed by atoms with Crippen LogP contribution in [0.15, 0.2) is 30.6 Å². The zero-order chi connectivity index (χ0) is 17.1. The second-order valence-corrected chi connectivity index (χ2v) is 6.44. The number of halogens is 1. The maximum absolute atomic E-state index is 12.9. The number of carbonyl (C=O) groups excluding carboxylic acids is 1. The van der Waals surface area contributed by atoms with Crippen LogP contribution in [0.3, 0.4) is 0 Å². The van der Waals surface area contributed by atoms with E-state index in [1.54, 1.807) is 24.5 Å². The van der Waals surface area contributed by atoms with E-state index in [4.69, 9.17) is 11.6 Å². The van der Waals surface area contributed by atoms with Crippen LogP contribution in [0, 0.1) is 0 Å². The molecule has 1 amide bonds. The highest BCUT2D eigenvalue weighted by molar-refractivity contribution is 6.29. The summed E-state index contributed by atoms with van der Waals surface area (Å²) in [6, 6.07) is 5.42. The van der Waals surface area contributed by atoms with E-state index in [-0.39, 0.29) is 11.8 Å². The molecule has 2 aromatic heterocycles. The molecule has 1 aliphatic heterocycles. The first-order chi connectivity index (χ1) is 11.6. The number of rotatable bonds is 3. The van der Waals surface area contributed by atoms with Gasteiger partial charge in [0.1, 0.15) is 10.8 Å². The lowest BCUT2D eigenvalue weighted by Crippen LogP contribution is -2.49. The first-order valence-electron chi connectivity index (χ1n) is 8.04. The Bertz CT molecular complexity index is 714. The first-order valence-corrected chi connectivity index (χ1v) is 8.41. The molecule has 3 rings (SSSR count). The van der Waals surface area contributed by atoms with Gasteiger partial charge in [-0.1, -0.05) is 31.5 Å². The summed E-state index contributed by atoms with van der Waals surface area (Å²) in [7, 11) is 0. The van der Waals surface area contributed by atoms with E-state index in [0.717, 1.165) is 5.56 Å². The number of carbonyl (C=O) groups is 1. The van der Waals surface area contributed by atoms with Crippen molar-refractivity contribution in [3.8, 4) is 0 Å². The standard InChI is InChI=1S/C17H20ClN5O/c1-12(2)13-4-5-14(18)21-15(13)16(24)22-8-10-23(11-9-22)17-19-6-3-7-20-17/h3-7,12H,8-11H2,1-2H3. The summed E-state index contributed by atoms with van der Waals surface area (Å²) in [6.45, 7) is 6.73. The van der Waals surface area contributed by atoms with Gasteiger partial charge in [0.05, 0.1) is 0 Å². The Kier molecular flexibility index (Phi) is 4.94. The average Bonchev–Trinajstić information content (AvgIpc) is 2.61. The molecule has 0 aromatic carbocycles. The Labute approximate surface area is 146 Å². The Morgan fingerprint density at radius 2 is 1.79 bits per heavy atom. The minimum atomic E-state index is -0.0603. The monoisotopic (exact) mass is 345 g/mol. The maximum atomic E-state index is 12.9. The van der Waals surface area contributed by atoms with Crippen molar-refractivity contribution >= 4 is 23.5 Å². The third-order valence-corrected chi connectivity index (χ3v) is 4.33. The molecule has 0 aliphatic carbocycles. The van der Waals surface area contributed by atoms with Crippen molar-refractivity contribution in [2.24, 2.45) is 0 Å². The number of amides is 1. The molecule has 0 spiro atoms. The van der Waals surface area contributed by atoms with Gasteiger partial charge in [0, 0.05) is 38.6 Å². The third kappa shape index (κ3) is 3.48. The van der Waals surface area contributed by atoms with Gasteiger partial charge in [-0.15, -0.1) is 0 Å². The fourth-order valence-electron chi connectivity index (χ4n) is 2.80. The molecule has 1 aliphatic rings. The van der Waals surface area contributed by atoms with E-state index in [2.05, 4.69) is 19.9 Å². The lowest BCUT2D eigenvalue weighted by molar-refractivity contribution is 0.0738. The molecule has 1 saturated heterocycles. The number of hydrogen-bond acceptors (Lipinski definition) is 5. The molecule has 6 nitrogen and oxygen atoms in total. The van der Waals surface area contributed by atoms with Gasteiger partial charge in [0.15, 0.2) is 0 Å². The number of piperazine rings is 1. The lowest BCUT2D eigenvalue weighted by Gasteiger charge is -2.34. The minimum absolute atomic E-state index is 0.0603. The minimum Gasteiger partial charge on any atom is -0.337 e. The summed E-state index contributed by atoms with van der Waals surface area (Å²) in [6.07, 6.45) is 3.45. The molecule has 1 fully saturated rings. The molecule has 2 aromatic rings. The smallest absolute Gasteiger partial charge is 0.272 e. The molecule has 7 heteroatoms. The number of pyridine rings is 1. The lowest BCUT2D eigenvalue weighted by atomic mass is 10.0. The molecule has 3 heterocycles. The van der Waals surface area contributed by atoms with Crippen LogP contribution in [0.1, 0.15) is 35.8 Å². The summed E-state index contributed by atoms with van der Waals surface area (Å²) in [5.41, 5.74) is 1.39. The molecule has 0 bridgehead atoms. The zero-order valence-corrected chi connectivity index (χ0v) is 14.6. The van der Waals surface area contributed by atoms with Gasteiger partial charge in [0.25, 0.3) is 5.91 Å². The van der Waals surface area contributed by atoms with Crippen LogP contribution in [-0.2, 0) is 0 Å². The van der Waals surface area contributed by atoms with Gasteiger partial charge < -0.3 is 9.80 Å². The van der Waals surface area contributed by atoms with Crippen LogP contribution >= 0.6 is 11.6 Å². The van der Waals surface area contributed by atoms with Crippen LogP contribution in [0.5, 0.6) is 0 Å². The van der Waals surface area contributed by atoms with Crippen molar-refractivity contribution in [2.75, 3.05) is 31.1 Å². The van der Waals surface area contributed by atoms with Crippen molar-refractivity contribution in [3.63, 3.8) is 0 Å². The van der Waals surface area contributed by atoms with E-state index in [0.29, 0.717) is 43.0 Å². The zero-order valence-electron chi connectivity index (χ0n) is 13.8. The summed E-state index contributed by atoms with van der Waals surface area (Å²) >= 11 is 6.00. The molecular weight excluding hydrogens is 326 g/mol. The van der Waals surface area contributed by atoms with Crippen molar-refractivity contribution in [1.82, 2.24) is 19.9 Å². The number of nitrogens with zero attached hydrogens (tertiary/aromatic N) is 5. The fourth-order valence-corrected chi connectivity index (χ4v) is 2.94. The van der Waals surface area contributed by atoms with Gasteiger partial charge in [-0.3, -0.25) is 4.79 Å². The SMILES string of the molecule is CC(C)c1ccc(Cl)nc1C(=O)N1CCN(c2ncccn2)CC1. The van der Waals surface area contributed by atoms with Crippen LogP contribution < -0.4 is 4.90 Å². The average molecular weight is 346 g/mol. The molecule has 0 N–H and O–H groups in total. The van der Waals surface area contributed by atoms with Crippen LogP contribution in [-0.4, -0.2) is 51.9 Å². The molecule has 0 atom stereocenters. The predicted molar refractivity (Wildman–Crippen MR) is 93.5 cm³/mol. The highest BCUT2D eigenvalue weighted by Gasteiger charge is 2.26. The Balaban J connectivity index is 1.73. The molecule has 126 valence electrons. The second kappa shape index (κ2) is 7.13.